The standard InChI is InChI=1S/C14H17ClN2O2/c1-4-6-10(5-2)8-16-12-7-13(15)17-9-11(12)14(18)19-3/h5-7,9H,2,4,8H2,1,3H3,(H,16,17). The van der Waals surface area contributed by atoms with Gasteiger partial charge in [-0.05, 0) is 18.1 Å². The Hall–Kier alpha value is -1.81. The van der Waals surface area contributed by atoms with E-state index in [1.54, 1.807) is 12.1 Å². The molecule has 0 atom stereocenters. The molecule has 0 saturated heterocycles. The molecule has 1 aromatic rings. The summed E-state index contributed by atoms with van der Waals surface area (Å²) in [7, 11) is 1.33. The van der Waals surface area contributed by atoms with Gasteiger partial charge >= 0.3 is 5.97 Å². The molecule has 19 heavy (non-hydrogen) atoms. The Bertz CT molecular complexity index is 498. The number of allylic oxidation sites excluding steroid dienone is 1. The van der Waals surface area contributed by atoms with E-state index in [9.17, 15) is 4.79 Å². The van der Waals surface area contributed by atoms with Crippen molar-refractivity contribution in [3.05, 3.63) is 47.3 Å². The number of nitrogens with zero attached hydrogens (tertiary/aromatic N) is 1. The second kappa shape index (κ2) is 7.59. The third kappa shape index (κ3) is 4.41. The molecule has 0 radical (unpaired) electrons. The van der Waals surface area contributed by atoms with Gasteiger partial charge in [0.15, 0.2) is 0 Å². The van der Waals surface area contributed by atoms with E-state index in [1.807, 2.05) is 6.92 Å². The summed E-state index contributed by atoms with van der Waals surface area (Å²) < 4.78 is 4.70. The molecule has 0 amide bonds. The topological polar surface area (TPSA) is 51.2 Å². The van der Waals surface area contributed by atoms with Crippen molar-refractivity contribution in [3.63, 3.8) is 0 Å². The van der Waals surface area contributed by atoms with Crippen molar-refractivity contribution in [2.45, 2.75) is 13.3 Å². The maximum Gasteiger partial charge on any atom is 0.341 e. The molecule has 1 rings (SSSR count). The lowest BCUT2D eigenvalue weighted by Gasteiger charge is -2.11. The zero-order chi connectivity index (χ0) is 14.3. The summed E-state index contributed by atoms with van der Waals surface area (Å²) in [5.74, 6) is -0.453. The number of halogens is 1. The number of methoxy groups -OCH3 is 1. The first-order valence-electron chi connectivity index (χ1n) is 5.91. The Morgan fingerprint density at radius 3 is 2.95 bits per heavy atom. The summed E-state index contributed by atoms with van der Waals surface area (Å²) in [4.78, 5) is 15.5. The molecule has 0 spiro atoms. The molecular formula is C14H17ClN2O2. The maximum absolute atomic E-state index is 11.6. The van der Waals surface area contributed by atoms with Crippen LogP contribution in [0.2, 0.25) is 5.15 Å². The van der Waals surface area contributed by atoms with Gasteiger partial charge in [0.25, 0.3) is 0 Å². The molecule has 5 heteroatoms. The third-order valence-electron chi connectivity index (χ3n) is 2.49. The minimum Gasteiger partial charge on any atom is -0.465 e. The second-order valence-electron chi connectivity index (χ2n) is 3.79. The summed E-state index contributed by atoms with van der Waals surface area (Å²) in [5, 5.41) is 3.45. The number of ether oxygens (including phenoxy) is 1. The predicted molar refractivity (Wildman–Crippen MR) is 77.6 cm³/mol. The first kappa shape index (κ1) is 15.2. The quantitative estimate of drug-likeness (QED) is 0.493. The van der Waals surface area contributed by atoms with E-state index in [1.165, 1.54) is 13.3 Å². The minimum absolute atomic E-state index is 0.315. The summed E-state index contributed by atoms with van der Waals surface area (Å²) in [6, 6.07) is 1.60. The van der Waals surface area contributed by atoms with E-state index < -0.39 is 5.97 Å². The summed E-state index contributed by atoms with van der Waals surface area (Å²) in [5.41, 5.74) is 1.99. The molecule has 1 aromatic heterocycles. The number of hydrogen-bond donors (Lipinski definition) is 1. The van der Waals surface area contributed by atoms with Crippen LogP contribution in [0, 0.1) is 0 Å². The number of aromatic nitrogens is 1. The van der Waals surface area contributed by atoms with Crippen LogP contribution in [0.4, 0.5) is 5.69 Å². The molecule has 0 bridgehead atoms. The first-order chi connectivity index (χ1) is 9.12. The number of carbonyl (C=O) groups excluding carboxylic acids is 1. The summed E-state index contributed by atoms with van der Waals surface area (Å²) in [6.45, 7) is 6.35. The van der Waals surface area contributed by atoms with E-state index in [2.05, 4.69) is 23.0 Å². The molecule has 0 aliphatic rings. The Kier molecular flexibility index (Phi) is 6.09. The molecule has 0 aliphatic carbocycles. The number of pyridine rings is 1. The average molecular weight is 281 g/mol. The number of nitrogens with one attached hydrogen (secondary N) is 1. The highest BCUT2D eigenvalue weighted by molar-refractivity contribution is 6.29. The average Bonchev–Trinajstić information content (AvgIpc) is 2.42. The third-order valence-corrected chi connectivity index (χ3v) is 2.69. The highest BCUT2D eigenvalue weighted by Crippen LogP contribution is 2.20. The number of esters is 1. The van der Waals surface area contributed by atoms with Crippen molar-refractivity contribution < 1.29 is 9.53 Å². The lowest BCUT2D eigenvalue weighted by molar-refractivity contribution is 0.0601. The van der Waals surface area contributed by atoms with Crippen LogP contribution in [-0.4, -0.2) is 24.6 Å². The number of rotatable bonds is 6. The van der Waals surface area contributed by atoms with Crippen molar-refractivity contribution in [2.75, 3.05) is 19.0 Å². The van der Waals surface area contributed by atoms with Crippen LogP contribution in [0.1, 0.15) is 23.7 Å². The Labute approximate surface area is 118 Å². The van der Waals surface area contributed by atoms with Crippen LogP contribution in [0.3, 0.4) is 0 Å². The summed E-state index contributed by atoms with van der Waals surface area (Å²) >= 11 is 5.84. The molecule has 0 aromatic carbocycles. The fourth-order valence-electron chi connectivity index (χ4n) is 1.54. The van der Waals surface area contributed by atoms with E-state index in [-0.39, 0.29) is 0 Å². The predicted octanol–water partition coefficient (Wildman–Crippen LogP) is 3.46. The highest BCUT2D eigenvalue weighted by atomic mass is 35.5. The molecule has 1 N–H and O–H groups in total. The largest absolute Gasteiger partial charge is 0.465 e. The number of anilines is 1. The fraction of sp³-hybridized carbons (Fsp3) is 0.286. The second-order valence-corrected chi connectivity index (χ2v) is 4.18. The van der Waals surface area contributed by atoms with Gasteiger partial charge in [0, 0.05) is 12.7 Å². The molecule has 0 aliphatic heterocycles. The molecule has 0 fully saturated rings. The van der Waals surface area contributed by atoms with Crippen LogP contribution in [0.25, 0.3) is 0 Å². The molecular weight excluding hydrogens is 264 g/mol. The molecule has 0 unspecified atom stereocenters. The van der Waals surface area contributed by atoms with Crippen molar-refractivity contribution >= 4 is 23.3 Å². The zero-order valence-electron chi connectivity index (χ0n) is 11.1. The lowest BCUT2D eigenvalue weighted by atomic mass is 10.2. The monoisotopic (exact) mass is 280 g/mol. The molecule has 102 valence electrons. The first-order valence-corrected chi connectivity index (χ1v) is 6.29. The van der Waals surface area contributed by atoms with E-state index in [0.717, 1.165) is 12.0 Å². The van der Waals surface area contributed by atoms with Gasteiger partial charge in [-0.25, -0.2) is 9.78 Å². The van der Waals surface area contributed by atoms with Crippen molar-refractivity contribution in [2.24, 2.45) is 0 Å². The van der Waals surface area contributed by atoms with E-state index in [0.29, 0.717) is 22.9 Å². The van der Waals surface area contributed by atoms with Gasteiger partial charge in [-0.2, -0.15) is 0 Å². The lowest BCUT2D eigenvalue weighted by Crippen LogP contribution is -2.10. The van der Waals surface area contributed by atoms with Gasteiger partial charge in [0.05, 0.1) is 12.8 Å². The van der Waals surface area contributed by atoms with Gasteiger partial charge in [-0.3, -0.25) is 0 Å². The normalized spacial score (nSPS) is 11.0. The Balaban J connectivity index is 2.93. The van der Waals surface area contributed by atoms with Crippen LogP contribution in [0.5, 0.6) is 0 Å². The Morgan fingerprint density at radius 1 is 1.63 bits per heavy atom. The van der Waals surface area contributed by atoms with Gasteiger partial charge in [-0.1, -0.05) is 37.3 Å². The molecule has 4 nitrogen and oxygen atoms in total. The van der Waals surface area contributed by atoms with Gasteiger partial charge < -0.3 is 10.1 Å². The van der Waals surface area contributed by atoms with Crippen LogP contribution in [-0.2, 0) is 4.74 Å². The SMILES string of the molecule is C=CC(=CCC)CNc1cc(Cl)ncc1C(=O)OC. The van der Waals surface area contributed by atoms with Crippen molar-refractivity contribution in [1.29, 1.82) is 0 Å². The van der Waals surface area contributed by atoms with Gasteiger partial charge in [0.2, 0.25) is 0 Å². The van der Waals surface area contributed by atoms with Crippen molar-refractivity contribution in [1.82, 2.24) is 4.98 Å². The van der Waals surface area contributed by atoms with E-state index in [4.69, 9.17) is 16.3 Å². The van der Waals surface area contributed by atoms with Gasteiger partial charge in [-0.15, -0.1) is 0 Å². The maximum atomic E-state index is 11.6. The summed E-state index contributed by atoms with van der Waals surface area (Å²) in [6.07, 6.45) is 6.15. The van der Waals surface area contributed by atoms with Crippen molar-refractivity contribution in [3.8, 4) is 0 Å². The molecule has 0 saturated carbocycles. The zero-order valence-corrected chi connectivity index (χ0v) is 11.8. The number of hydrogen-bond acceptors (Lipinski definition) is 4. The van der Waals surface area contributed by atoms with Crippen LogP contribution >= 0.6 is 11.6 Å². The molecule has 1 heterocycles. The highest BCUT2D eigenvalue weighted by Gasteiger charge is 2.13. The van der Waals surface area contributed by atoms with Crippen LogP contribution in [0.15, 0.2) is 36.6 Å². The van der Waals surface area contributed by atoms with Gasteiger partial charge in [0.1, 0.15) is 10.7 Å². The fourth-order valence-corrected chi connectivity index (χ4v) is 1.69. The minimum atomic E-state index is -0.453. The van der Waals surface area contributed by atoms with Crippen LogP contribution < -0.4 is 5.32 Å². The smallest absolute Gasteiger partial charge is 0.341 e. The van der Waals surface area contributed by atoms with E-state index >= 15 is 0 Å². The Morgan fingerprint density at radius 2 is 2.37 bits per heavy atom. The number of carbonyl (C=O) groups is 1.